The average Bonchev–Trinajstić information content (AvgIpc) is 3.19. The number of hydrazine groups is 1. The highest BCUT2D eigenvalue weighted by Gasteiger charge is 2.35. The van der Waals surface area contributed by atoms with Crippen LogP contribution in [-0.2, 0) is 4.79 Å². The number of methoxy groups -OCH3 is 1. The number of rotatable bonds is 4. The van der Waals surface area contributed by atoms with Crippen molar-refractivity contribution in [3.8, 4) is 17.0 Å². The number of hydrogen-bond donors (Lipinski definition) is 2. The molecule has 2 aromatic rings. The van der Waals surface area contributed by atoms with E-state index >= 15 is 0 Å². The second kappa shape index (κ2) is 8.24. The Kier molecular flexibility index (Phi) is 5.54. The van der Waals surface area contributed by atoms with Gasteiger partial charge in [-0.2, -0.15) is 0 Å². The van der Waals surface area contributed by atoms with E-state index in [2.05, 4.69) is 15.8 Å². The molecule has 2 aliphatic heterocycles. The van der Waals surface area contributed by atoms with Gasteiger partial charge in [0.1, 0.15) is 5.75 Å². The molecule has 1 aromatic carbocycles. The van der Waals surface area contributed by atoms with Gasteiger partial charge in [-0.1, -0.05) is 12.1 Å². The Morgan fingerprint density at radius 2 is 2.21 bits per heavy atom. The molecule has 28 heavy (non-hydrogen) atoms. The molecule has 7 heteroatoms. The zero-order chi connectivity index (χ0) is 19.5. The number of piperidine rings is 1. The molecule has 7 nitrogen and oxygen atoms in total. The monoisotopic (exact) mass is 381 g/mol. The van der Waals surface area contributed by atoms with E-state index in [1.54, 1.807) is 13.3 Å². The fourth-order valence-corrected chi connectivity index (χ4v) is 4.06. The fourth-order valence-electron chi connectivity index (χ4n) is 4.06. The second-order valence-electron chi connectivity index (χ2n) is 7.60. The first-order valence-electron chi connectivity index (χ1n) is 9.89. The minimum Gasteiger partial charge on any atom is -0.497 e. The highest BCUT2D eigenvalue weighted by Crippen LogP contribution is 2.29. The van der Waals surface area contributed by atoms with Crippen LogP contribution in [0.3, 0.4) is 0 Å². The molecular weight excluding hydrogens is 354 g/mol. The molecule has 2 saturated heterocycles. The molecule has 0 saturated carbocycles. The van der Waals surface area contributed by atoms with Crippen LogP contribution in [0, 0.1) is 5.92 Å². The van der Waals surface area contributed by atoms with Crippen molar-refractivity contribution in [2.75, 3.05) is 26.7 Å². The quantitative estimate of drug-likeness (QED) is 0.843. The van der Waals surface area contributed by atoms with Crippen LogP contribution in [0.25, 0.3) is 11.3 Å². The van der Waals surface area contributed by atoms with Gasteiger partial charge in [0, 0.05) is 43.4 Å². The Balaban J connectivity index is 1.51. The highest BCUT2D eigenvalue weighted by atomic mass is 16.5. The number of nitrogens with zero attached hydrogens (tertiary/aromatic N) is 3. The molecule has 3 heterocycles. The van der Waals surface area contributed by atoms with Crippen LogP contribution in [-0.4, -0.2) is 53.6 Å². The van der Waals surface area contributed by atoms with Crippen molar-refractivity contribution in [3.63, 3.8) is 0 Å². The topological polar surface area (TPSA) is 79.4 Å². The van der Waals surface area contributed by atoms with E-state index in [0.717, 1.165) is 42.1 Å². The minimum atomic E-state index is -0.00653. The smallest absolute Gasteiger partial charge is 0.228 e. The van der Waals surface area contributed by atoms with Crippen molar-refractivity contribution in [3.05, 3.63) is 42.4 Å². The van der Waals surface area contributed by atoms with Gasteiger partial charge in [-0.3, -0.25) is 20.6 Å². The van der Waals surface area contributed by atoms with Gasteiger partial charge in [0.05, 0.1) is 30.6 Å². The van der Waals surface area contributed by atoms with Crippen LogP contribution in [0.5, 0.6) is 5.75 Å². The number of nitrogens with one attached hydrogen (secondary N) is 2. The van der Waals surface area contributed by atoms with E-state index in [1.807, 2.05) is 42.3 Å². The molecule has 3 unspecified atom stereocenters. The van der Waals surface area contributed by atoms with Gasteiger partial charge in [-0.25, -0.2) is 4.98 Å². The summed E-state index contributed by atoms with van der Waals surface area (Å²) in [5, 5.41) is 0. The summed E-state index contributed by atoms with van der Waals surface area (Å²) in [7, 11) is 1.66. The molecular formula is C21H27N5O2. The number of amides is 1. The molecule has 0 spiro atoms. The van der Waals surface area contributed by atoms with Crippen molar-refractivity contribution in [1.29, 1.82) is 0 Å². The largest absolute Gasteiger partial charge is 0.497 e. The summed E-state index contributed by atoms with van der Waals surface area (Å²) in [6.07, 6.45) is 5.63. The first-order valence-corrected chi connectivity index (χ1v) is 9.89. The van der Waals surface area contributed by atoms with Crippen molar-refractivity contribution < 1.29 is 9.53 Å². The number of carbonyl (C=O) groups is 1. The predicted molar refractivity (Wildman–Crippen MR) is 107 cm³/mol. The summed E-state index contributed by atoms with van der Waals surface area (Å²) in [6.45, 7) is 4.26. The summed E-state index contributed by atoms with van der Waals surface area (Å²) < 4.78 is 5.32. The van der Waals surface area contributed by atoms with E-state index in [4.69, 9.17) is 9.72 Å². The van der Waals surface area contributed by atoms with Gasteiger partial charge >= 0.3 is 0 Å². The number of carbonyl (C=O) groups excluding carboxylic acids is 1. The van der Waals surface area contributed by atoms with Crippen molar-refractivity contribution in [1.82, 2.24) is 25.7 Å². The Morgan fingerprint density at radius 3 is 3.00 bits per heavy atom. The van der Waals surface area contributed by atoms with E-state index in [9.17, 15) is 4.79 Å². The van der Waals surface area contributed by atoms with Crippen LogP contribution in [0.4, 0.5) is 0 Å². The lowest BCUT2D eigenvalue weighted by atomic mass is 9.92. The van der Waals surface area contributed by atoms with Crippen LogP contribution in [0.1, 0.15) is 31.4 Å². The predicted octanol–water partition coefficient (Wildman–Crippen LogP) is 1.97. The highest BCUT2D eigenvalue weighted by molar-refractivity contribution is 5.80. The maximum atomic E-state index is 12.9. The van der Waals surface area contributed by atoms with Gasteiger partial charge < -0.3 is 9.64 Å². The zero-order valence-corrected chi connectivity index (χ0v) is 16.4. The normalized spacial score (nSPS) is 24.9. The number of likely N-dealkylation sites (tertiary alicyclic amines) is 1. The molecule has 0 aliphatic carbocycles. The molecule has 2 N–H and O–H groups in total. The molecule has 4 rings (SSSR count). The number of ether oxygens (including phenoxy) is 1. The number of aromatic nitrogens is 2. The Morgan fingerprint density at radius 1 is 1.32 bits per heavy atom. The maximum Gasteiger partial charge on any atom is 0.228 e. The van der Waals surface area contributed by atoms with Gasteiger partial charge in [0.25, 0.3) is 0 Å². The van der Waals surface area contributed by atoms with E-state index in [0.29, 0.717) is 13.1 Å². The minimum absolute atomic E-state index is 0.00653. The summed E-state index contributed by atoms with van der Waals surface area (Å²) in [4.78, 5) is 24.2. The maximum absolute atomic E-state index is 12.9. The summed E-state index contributed by atoms with van der Waals surface area (Å²) in [5.74, 6) is 1.24. The summed E-state index contributed by atoms with van der Waals surface area (Å²) in [6, 6.07) is 8.00. The molecule has 1 amide bonds. The number of hydrogen-bond acceptors (Lipinski definition) is 6. The van der Waals surface area contributed by atoms with Gasteiger partial charge in [0.15, 0.2) is 0 Å². The third kappa shape index (κ3) is 3.86. The first-order chi connectivity index (χ1) is 13.7. The molecule has 0 bridgehead atoms. The molecule has 2 aliphatic rings. The van der Waals surface area contributed by atoms with E-state index in [-0.39, 0.29) is 23.8 Å². The van der Waals surface area contributed by atoms with Crippen molar-refractivity contribution in [2.24, 2.45) is 5.92 Å². The standard InChI is InChI=1S/C21H27N5O2/c1-14-18(10-23-25-14)21(27)26-8-4-6-16(13-26)20-12-22-11-19(24-20)15-5-3-7-17(9-15)28-2/h3,5,7,9,11-12,14,16,18,23,25H,4,6,8,10,13H2,1-2H3. The van der Waals surface area contributed by atoms with Crippen LogP contribution >= 0.6 is 0 Å². The molecule has 1 aromatic heterocycles. The van der Waals surface area contributed by atoms with Crippen molar-refractivity contribution in [2.45, 2.75) is 31.7 Å². The number of benzene rings is 1. The Hall–Kier alpha value is -2.51. The van der Waals surface area contributed by atoms with Gasteiger partial charge in [-0.05, 0) is 31.9 Å². The molecule has 0 radical (unpaired) electrons. The molecule has 3 atom stereocenters. The lowest BCUT2D eigenvalue weighted by molar-refractivity contribution is -0.136. The van der Waals surface area contributed by atoms with Gasteiger partial charge in [0.2, 0.25) is 5.91 Å². The van der Waals surface area contributed by atoms with Crippen LogP contribution in [0.2, 0.25) is 0 Å². The molecule has 148 valence electrons. The summed E-state index contributed by atoms with van der Waals surface area (Å²) in [5.41, 5.74) is 8.99. The van der Waals surface area contributed by atoms with Crippen LogP contribution < -0.4 is 15.6 Å². The average molecular weight is 381 g/mol. The second-order valence-corrected chi connectivity index (χ2v) is 7.60. The lowest BCUT2D eigenvalue weighted by Crippen LogP contribution is -2.45. The third-order valence-corrected chi connectivity index (χ3v) is 5.74. The molecule has 2 fully saturated rings. The third-order valence-electron chi connectivity index (χ3n) is 5.74. The Labute approximate surface area is 165 Å². The fraction of sp³-hybridized carbons (Fsp3) is 0.476. The lowest BCUT2D eigenvalue weighted by Gasteiger charge is -2.34. The van der Waals surface area contributed by atoms with Crippen LogP contribution in [0.15, 0.2) is 36.7 Å². The van der Waals surface area contributed by atoms with Gasteiger partial charge in [-0.15, -0.1) is 0 Å². The SMILES string of the molecule is COc1cccc(-c2cncc(C3CCCN(C(=O)C4CNNC4C)C3)n2)c1. The zero-order valence-electron chi connectivity index (χ0n) is 16.4. The Bertz CT molecular complexity index is 843. The van der Waals surface area contributed by atoms with Crippen molar-refractivity contribution >= 4 is 5.91 Å². The van der Waals surface area contributed by atoms with E-state index in [1.165, 1.54) is 0 Å². The van der Waals surface area contributed by atoms with E-state index < -0.39 is 0 Å². The first kappa shape index (κ1) is 18.8. The summed E-state index contributed by atoms with van der Waals surface area (Å²) >= 11 is 0.